The van der Waals surface area contributed by atoms with Crippen molar-refractivity contribution in [1.29, 1.82) is 0 Å². The maximum absolute atomic E-state index is 4.72. The summed E-state index contributed by atoms with van der Waals surface area (Å²) < 4.78 is 0. The number of hydrogen-bond acceptors (Lipinski definition) is 2. The van der Waals surface area contributed by atoms with Crippen molar-refractivity contribution < 1.29 is 0 Å². The first-order valence-corrected chi connectivity index (χ1v) is 5.71. The molecule has 0 aliphatic carbocycles. The van der Waals surface area contributed by atoms with Crippen molar-refractivity contribution in [2.45, 2.75) is 38.5 Å². The van der Waals surface area contributed by atoms with Gasteiger partial charge in [0.05, 0.1) is 0 Å². The Kier molecular flexibility index (Phi) is 3.36. The molecule has 1 saturated heterocycles. The molecule has 2 heterocycles. The summed E-state index contributed by atoms with van der Waals surface area (Å²) in [6, 6.07) is 0. The molecule has 1 unspecified atom stereocenters. The molecule has 2 heteroatoms. The molecule has 2 rings (SSSR count). The lowest BCUT2D eigenvalue weighted by atomic mass is 9.92. The average Bonchev–Trinajstić information content (AvgIpc) is 2.47. The highest BCUT2D eigenvalue weighted by Crippen LogP contribution is 2.18. The highest BCUT2D eigenvalue weighted by atomic mass is 14.9. The molecule has 2 aliphatic heterocycles. The zero-order chi connectivity index (χ0) is 8.93. The number of piperidine rings is 1. The van der Waals surface area contributed by atoms with Gasteiger partial charge in [-0.25, -0.2) is 0 Å². The number of rotatable bonds is 1. The molecular formula is C11H20N2. The monoisotopic (exact) mass is 180 g/mol. The number of nitrogens with one attached hydrogen (secondary N) is 1. The van der Waals surface area contributed by atoms with Crippen LogP contribution in [0.25, 0.3) is 0 Å². The topological polar surface area (TPSA) is 24.4 Å². The van der Waals surface area contributed by atoms with Crippen LogP contribution in [0.5, 0.6) is 0 Å². The largest absolute Gasteiger partial charge is 0.316 e. The van der Waals surface area contributed by atoms with Crippen LogP contribution in [0.4, 0.5) is 0 Å². The smallest absolute Gasteiger partial charge is 0.0388 e. The summed E-state index contributed by atoms with van der Waals surface area (Å²) in [5.41, 5.74) is 1.52. The second-order valence-corrected chi connectivity index (χ2v) is 4.23. The van der Waals surface area contributed by atoms with Gasteiger partial charge < -0.3 is 5.32 Å². The van der Waals surface area contributed by atoms with Crippen molar-refractivity contribution in [2.24, 2.45) is 10.9 Å². The van der Waals surface area contributed by atoms with Gasteiger partial charge in [-0.15, -0.1) is 0 Å². The Balaban J connectivity index is 1.92. The number of nitrogens with zero attached hydrogens (tertiary/aromatic N) is 1. The van der Waals surface area contributed by atoms with Gasteiger partial charge in [0.2, 0.25) is 0 Å². The zero-order valence-corrected chi connectivity index (χ0v) is 8.39. The first-order chi connectivity index (χ1) is 6.47. The Morgan fingerprint density at radius 1 is 1.15 bits per heavy atom. The minimum Gasteiger partial charge on any atom is -0.316 e. The van der Waals surface area contributed by atoms with Crippen molar-refractivity contribution in [3.63, 3.8) is 0 Å². The quantitative estimate of drug-likeness (QED) is 0.656. The van der Waals surface area contributed by atoms with Crippen LogP contribution in [0.15, 0.2) is 4.99 Å². The van der Waals surface area contributed by atoms with Crippen molar-refractivity contribution in [1.82, 2.24) is 5.32 Å². The molecule has 0 bridgehead atoms. The molecule has 0 aromatic heterocycles. The third kappa shape index (κ3) is 2.53. The molecule has 0 aromatic rings. The van der Waals surface area contributed by atoms with Gasteiger partial charge in [0.1, 0.15) is 0 Å². The van der Waals surface area contributed by atoms with E-state index in [-0.39, 0.29) is 0 Å². The lowest BCUT2D eigenvalue weighted by molar-refractivity contribution is 0.453. The van der Waals surface area contributed by atoms with Crippen LogP contribution in [-0.4, -0.2) is 25.3 Å². The number of hydrogen-bond donors (Lipinski definition) is 1. The summed E-state index contributed by atoms with van der Waals surface area (Å²) >= 11 is 0. The predicted molar refractivity (Wildman–Crippen MR) is 56.4 cm³/mol. The van der Waals surface area contributed by atoms with Gasteiger partial charge in [-0.1, -0.05) is 6.42 Å². The molecule has 0 radical (unpaired) electrons. The average molecular weight is 180 g/mol. The third-order valence-corrected chi connectivity index (χ3v) is 3.17. The molecule has 1 fully saturated rings. The zero-order valence-electron chi connectivity index (χ0n) is 8.39. The van der Waals surface area contributed by atoms with Crippen molar-refractivity contribution in [3.8, 4) is 0 Å². The molecule has 1 N–H and O–H groups in total. The molecule has 0 amide bonds. The molecule has 0 saturated carbocycles. The molecule has 2 nitrogen and oxygen atoms in total. The van der Waals surface area contributed by atoms with E-state index in [1.807, 2.05) is 0 Å². The fourth-order valence-corrected chi connectivity index (χ4v) is 2.37. The summed E-state index contributed by atoms with van der Waals surface area (Å²) in [7, 11) is 0. The Morgan fingerprint density at radius 3 is 3.00 bits per heavy atom. The lowest BCUT2D eigenvalue weighted by Crippen LogP contribution is -2.34. The summed E-state index contributed by atoms with van der Waals surface area (Å²) in [5, 5.41) is 3.47. The molecule has 0 spiro atoms. The molecule has 1 atom stereocenters. The van der Waals surface area contributed by atoms with Crippen LogP contribution in [0.2, 0.25) is 0 Å². The Bertz CT molecular complexity index is 181. The van der Waals surface area contributed by atoms with E-state index in [1.54, 1.807) is 0 Å². The van der Waals surface area contributed by atoms with E-state index in [2.05, 4.69) is 5.32 Å². The Labute approximate surface area is 80.8 Å². The van der Waals surface area contributed by atoms with Gasteiger partial charge in [-0.3, -0.25) is 4.99 Å². The third-order valence-electron chi connectivity index (χ3n) is 3.17. The van der Waals surface area contributed by atoms with Gasteiger partial charge in [0, 0.05) is 24.7 Å². The molecule has 74 valence electrons. The Hall–Kier alpha value is -0.370. The van der Waals surface area contributed by atoms with E-state index in [9.17, 15) is 0 Å². The SMILES string of the molecule is C1CCN=C(C2CCCNC2)CC1. The summed E-state index contributed by atoms with van der Waals surface area (Å²) in [6.45, 7) is 3.48. The minimum absolute atomic E-state index is 0.770. The van der Waals surface area contributed by atoms with Gasteiger partial charge in [-0.2, -0.15) is 0 Å². The summed E-state index contributed by atoms with van der Waals surface area (Å²) in [4.78, 5) is 4.72. The van der Waals surface area contributed by atoms with E-state index < -0.39 is 0 Å². The Morgan fingerprint density at radius 2 is 2.15 bits per heavy atom. The minimum atomic E-state index is 0.770. The van der Waals surface area contributed by atoms with E-state index >= 15 is 0 Å². The van der Waals surface area contributed by atoms with Crippen LogP contribution in [-0.2, 0) is 0 Å². The fourth-order valence-electron chi connectivity index (χ4n) is 2.37. The van der Waals surface area contributed by atoms with E-state index in [0.717, 1.165) is 12.5 Å². The van der Waals surface area contributed by atoms with E-state index in [4.69, 9.17) is 4.99 Å². The molecule has 0 aromatic carbocycles. The molecule has 2 aliphatic rings. The molecule has 13 heavy (non-hydrogen) atoms. The van der Waals surface area contributed by atoms with Crippen molar-refractivity contribution >= 4 is 5.71 Å². The number of aliphatic imine (C=N–C) groups is 1. The van der Waals surface area contributed by atoms with Gasteiger partial charge >= 0.3 is 0 Å². The first-order valence-electron chi connectivity index (χ1n) is 5.71. The molecular weight excluding hydrogens is 160 g/mol. The highest BCUT2D eigenvalue weighted by Gasteiger charge is 2.19. The highest BCUT2D eigenvalue weighted by molar-refractivity contribution is 5.87. The van der Waals surface area contributed by atoms with Crippen molar-refractivity contribution in [3.05, 3.63) is 0 Å². The maximum Gasteiger partial charge on any atom is 0.0388 e. The normalized spacial score (nSPS) is 30.8. The van der Waals surface area contributed by atoms with Crippen LogP contribution >= 0.6 is 0 Å². The fraction of sp³-hybridized carbons (Fsp3) is 0.909. The maximum atomic E-state index is 4.72. The summed E-state index contributed by atoms with van der Waals surface area (Å²) in [6.07, 6.45) is 8.04. The van der Waals surface area contributed by atoms with Crippen LogP contribution < -0.4 is 5.32 Å². The first kappa shape index (κ1) is 9.20. The van der Waals surface area contributed by atoms with Crippen molar-refractivity contribution in [2.75, 3.05) is 19.6 Å². The lowest BCUT2D eigenvalue weighted by Gasteiger charge is -2.24. The van der Waals surface area contributed by atoms with Crippen LogP contribution in [0.3, 0.4) is 0 Å². The second-order valence-electron chi connectivity index (χ2n) is 4.23. The van der Waals surface area contributed by atoms with Gasteiger partial charge in [0.15, 0.2) is 0 Å². The van der Waals surface area contributed by atoms with E-state index in [0.29, 0.717) is 0 Å². The predicted octanol–water partition coefficient (Wildman–Crippen LogP) is 2.00. The standard InChI is InChI=1S/C11H20N2/c1-2-6-11(13-8-3-1)10-5-4-7-12-9-10/h10,12H,1-9H2. The van der Waals surface area contributed by atoms with Crippen LogP contribution in [0.1, 0.15) is 38.5 Å². The van der Waals surface area contributed by atoms with Gasteiger partial charge in [-0.05, 0) is 38.6 Å². The second kappa shape index (κ2) is 4.75. The van der Waals surface area contributed by atoms with Gasteiger partial charge in [0.25, 0.3) is 0 Å². The van der Waals surface area contributed by atoms with E-state index in [1.165, 1.54) is 57.3 Å². The summed E-state index contributed by atoms with van der Waals surface area (Å²) in [5.74, 6) is 0.770. The van der Waals surface area contributed by atoms with Crippen LogP contribution in [0, 0.1) is 5.92 Å².